The third-order valence-corrected chi connectivity index (χ3v) is 5.34. The minimum Gasteiger partial charge on any atom is -0.323 e. The summed E-state index contributed by atoms with van der Waals surface area (Å²) in [5, 5.41) is 9.84. The molecule has 0 bridgehead atoms. The lowest BCUT2D eigenvalue weighted by Crippen LogP contribution is -2.42. The highest BCUT2D eigenvalue weighted by Crippen LogP contribution is 2.29. The van der Waals surface area contributed by atoms with Crippen LogP contribution in [0.15, 0.2) is 55.1 Å². The molecule has 3 aromatic rings. The van der Waals surface area contributed by atoms with Gasteiger partial charge < -0.3 is 10.6 Å². The van der Waals surface area contributed by atoms with E-state index in [1.807, 2.05) is 19.1 Å². The first-order valence-corrected chi connectivity index (χ1v) is 9.81. The molecule has 2 heterocycles. The van der Waals surface area contributed by atoms with Crippen LogP contribution in [-0.4, -0.2) is 44.1 Å². The van der Waals surface area contributed by atoms with E-state index in [-0.39, 0.29) is 0 Å². The highest BCUT2D eigenvalue weighted by Gasteiger charge is 2.49. The molecule has 4 rings (SSSR count). The lowest BCUT2D eigenvalue weighted by Gasteiger charge is -2.22. The maximum atomic E-state index is 13.0. The van der Waals surface area contributed by atoms with E-state index < -0.39 is 29.9 Å². The van der Waals surface area contributed by atoms with Gasteiger partial charge in [-0.3, -0.25) is 14.5 Å². The fourth-order valence-electron chi connectivity index (χ4n) is 3.40. The van der Waals surface area contributed by atoms with Crippen LogP contribution in [0.1, 0.15) is 18.1 Å². The van der Waals surface area contributed by atoms with E-state index in [1.165, 1.54) is 17.3 Å². The minimum absolute atomic E-state index is 0.372. The number of amides is 4. The lowest BCUT2D eigenvalue weighted by atomic mass is 9.91. The monoisotopic (exact) mass is 438 g/mol. The van der Waals surface area contributed by atoms with Gasteiger partial charge in [0.15, 0.2) is 0 Å². The number of aryl methyl sites for hydroxylation is 1. The van der Waals surface area contributed by atoms with Gasteiger partial charge in [0.25, 0.3) is 5.91 Å². The molecule has 10 heteroatoms. The Bertz CT molecular complexity index is 1160. The summed E-state index contributed by atoms with van der Waals surface area (Å²) >= 11 is 6.07. The number of nitrogens with one attached hydrogen (secondary N) is 2. The summed E-state index contributed by atoms with van der Waals surface area (Å²) in [6, 6.07) is 11.5. The molecule has 1 aliphatic rings. The number of urea groups is 1. The van der Waals surface area contributed by atoms with Gasteiger partial charge in [-0.25, -0.2) is 14.5 Å². The predicted octanol–water partition coefficient (Wildman–Crippen LogP) is 2.63. The summed E-state index contributed by atoms with van der Waals surface area (Å²) in [5.74, 6) is -1.06. The Morgan fingerprint density at radius 1 is 1.19 bits per heavy atom. The van der Waals surface area contributed by atoms with Gasteiger partial charge in [0, 0.05) is 5.02 Å². The number of rotatable bonds is 5. The molecule has 1 fully saturated rings. The van der Waals surface area contributed by atoms with E-state index in [2.05, 4.69) is 20.7 Å². The first-order valence-electron chi connectivity index (χ1n) is 9.43. The van der Waals surface area contributed by atoms with Gasteiger partial charge in [0.1, 0.15) is 24.7 Å². The van der Waals surface area contributed by atoms with Crippen molar-refractivity contribution in [3.63, 3.8) is 0 Å². The lowest BCUT2D eigenvalue weighted by molar-refractivity contribution is -0.133. The average Bonchev–Trinajstić information content (AvgIpc) is 3.32. The molecular formula is C21H19ClN6O3. The number of carbonyl (C=O) groups is 3. The van der Waals surface area contributed by atoms with Gasteiger partial charge in [-0.15, -0.1) is 0 Å². The molecule has 9 nitrogen and oxygen atoms in total. The van der Waals surface area contributed by atoms with Crippen molar-refractivity contribution in [3.05, 3.63) is 71.3 Å². The number of hydrogen-bond donors (Lipinski definition) is 2. The number of imide groups is 1. The zero-order valence-electron chi connectivity index (χ0n) is 16.8. The van der Waals surface area contributed by atoms with E-state index >= 15 is 0 Å². The summed E-state index contributed by atoms with van der Waals surface area (Å²) in [7, 11) is 0. The quantitative estimate of drug-likeness (QED) is 0.595. The number of aromatic nitrogens is 3. The topological polar surface area (TPSA) is 109 Å². The maximum Gasteiger partial charge on any atom is 0.325 e. The molecule has 0 spiro atoms. The van der Waals surface area contributed by atoms with E-state index in [9.17, 15) is 14.4 Å². The second kappa shape index (κ2) is 7.84. The molecule has 31 heavy (non-hydrogen) atoms. The maximum absolute atomic E-state index is 13.0. The van der Waals surface area contributed by atoms with Gasteiger partial charge in [-0.1, -0.05) is 41.4 Å². The second-order valence-electron chi connectivity index (χ2n) is 7.36. The Morgan fingerprint density at radius 3 is 2.61 bits per heavy atom. The molecule has 1 aliphatic heterocycles. The number of hydrogen-bond acceptors (Lipinski definition) is 5. The summed E-state index contributed by atoms with van der Waals surface area (Å²) in [5.41, 5.74) is 1.34. The van der Waals surface area contributed by atoms with Crippen molar-refractivity contribution in [3.8, 4) is 5.69 Å². The molecule has 2 aromatic carbocycles. The van der Waals surface area contributed by atoms with Gasteiger partial charge in [-0.2, -0.15) is 5.10 Å². The third kappa shape index (κ3) is 3.87. The smallest absolute Gasteiger partial charge is 0.323 e. The number of halogens is 1. The van der Waals surface area contributed by atoms with E-state index in [0.29, 0.717) is 22.0 Å². The first kappa shape index (κ1) is 20.5. The molecule has 0 aliphatic carbocycles. The van der Waals surface area contributed by atoms with Crippen molar-refractivity contribution < 1.29 is 14.4 Å². The number of carbonyl (C=O) groups excluding carboxylic acids is 3. The Morgan fingerprint density at radius 2 is 1.94 bits per heavy atom. The third-order valence-electron chi connectivity index (χ3n) is 5.10. The second-order valence-corrected chi connectivity index (χ2v) is 7.80. The minimum atomic E-state index is -1.24. The van der Waals surface area contributed by atoms with Crippen LogP contribution in [0, 0.1) is 6.92 Å². The summed E-state index contributed by atoms with van der Waals surface area (Å²) < 4.78 is 1.47. The van der Waals surface area contributed by atoms with E-state index in [4.69, 9.17) is 11.6 Å². The van der Waals surface area contributed by atoms with Gasteiger partial charge in [0.2, 0.25) is 5.91 Å². The highest BCUT2D eigenvalue weighted by atomic mass is 35.5. The van der Waals surface area contributed by atoms with E-state index in [0.717, 1.165) is 10.5 Å². The number of anilines is 1. The van der Waals surface area contributed by atoms with Gasteiger partial charge in [0.05, 0.1) is 11.4 Å². The van der Waals surface area contributed by atoms with Crippen LogP contribution >= 0.6 is 11.6 Å². The Labute approximate surface area is 183 Å². The van der Waals surface area contributed by atoms with Crippen LogP contribution in [0.25, 0.3) is 5.69 Å². The van der Waals surface area contributed by atoms with Crippen molar-refractivity contribution in [2.75, 3.05) is 11.9 Å². The van der Waals surface area contributed by atoms with Crippen LogP contribution in [0.5, 0.6) is 0 Å². The molecule has 1 aromatic heterocycles. The molecule has 2 N–H and O–H groups in total. The molecule has 0 radical (unpaired) electrons. The van der Waals surface area contributed by atoms with Crippen molar-refractivity contribution in [2.24, 2.45) is 0 Å². The Hall–Kier alpha value is -3.72. The summed E-state index contributed by atoms with van der Waals surface area (Å²) in [4.78, 5) is 43.0. The normalized spacial score (nSPS) is 18.2. The van der Waals surface area contributed by atoms with Crippen molar-refractivity contribution >= 4 is 35.1 Å². The Balaban J connectivity index is 1.53. The SMILES string of the molecule is Cc1ccc(C2(C)NC(=O)N(CC(=O)Nc3cc(Cl)ccc3-n3cncn3)C2=O)cc1. The molecule has 1 saturated heterocycles. The van der Waals surface area contributed by atoms with Crippen molar-refractivity contribution in [1.82, 2.24) is 25.0 Å². The van der Waals surface area contributed by atoms with Crippen LogP contribution in [0.4, 0.5) is 10.5 Å². The van der Waals surface area contributed by atoms with Crippen molar-refractivity contribution in [2.45, 2.75) is 19.4 Å². The van der Waals surface area contributed by atoms with Crippen LogP contribution in [0.2, 0.25) is 5.02 Å². The largest absolute Gasteiger partial charge is 0.325 e. The molecule has 0 saturated carbocycles. The standard InChI is InChI=1S/C21H19ClN6O3/c1-13-3-5-14(6-4-13)21(2)19(30)27(20(31)26-21)10-18(29)25-16-9-15(22)7-8-17(16)28-12-23-11-24-28/h3-9,11-12H,10H2,1-2H3,(H,25,29)(H,26,31). The Kier molecular flexibility index (Phi) is 5.20. The number of benzene rings is 2. The first-order chi connectivity index (χ1) is 14.8. The molecule has 1 unspecified atom stereocenters. The average molecular weight is 439 g/mol. The molecule has 1 atom stereocenters. The van der Waals surface area contributed by atoms with Crippen LogP contribution < -0.4 is 10.6 Å². The van der Waals surface area contributed by atoms with Crippen molar-refractivity contribution in [1.29, 1.82) is 0 Å². The van der Waals surface area contributed by atoms with Crippen LogP contribution in [-0.2, 0) is 15.1 Å². The summed E-state index contributed by atoms with van der Waals surface area (Å²) in [6.45, 7) is 3.10. The van der Waals surface area contributed by atoms with Gasteiger partial charge in [-0.05, 0) is 37.6 Å². The van der Waals surface area contributed by atoms with Crippen LogP contribution in [0.3, 0.4) is 0 Å². The fraction of sp³-hybridized carbons (Fsp3) is 0.190. The molecule has 4 amide bonds. The molecule has 158 valence electrons. The zero-order valence-corrected chi connectivity index (χ0v) is 17.6. The fourth-order valence-corrected chi connectivity index (χ4v) is 3.57. The highest BCUT2D eigenvalue weighted by molar-refractivity contribution is 6.31. The molecular weight excluding hydrogens is 420 g/mol. The van der Waals surface area contributed by atoms with E-state index in [1.54, 1.807) is 37.3 Å². The zero-order chi connectivity index (χ0) is 22.2. The summed E-state index contributed by atoms with van der Waals surface area (Å²) in [6.07, 6.45) is 2.84. The number of nitrogens with zero attached hydrogens (tertiary/aromatic N) is 4. The predicted molar refractivity (Wildman–Crippen MR) is 114 cm³/mol. The van der Waals surface area contributed by atoms with Gasteiger partial charge >= 0.3 is 6.03 Å².